The second kappa shape index (κ2) is 9.65. The molecule has 4 aromatic rings. The molecular formula is C26H23N3O5S. The van der Waals surface area contributed by atoms with Gasteiger partial charge in [-0.2, -0.15) is 0 Å². The number of fused-ring (bicyclic) bond motifs is 1. The fraction of sp³-hybridized carbons (Fsp3) is 0.115. The van der Waals surface area contributed by atoms with Gasteiger partial charge in [0.2, 0.25) is 15.8 Å². The number of rotatable bonds is 7. The van der Waals surface area contributed by atoms with Crippen LogP contribution in [-0.4, -0.2) is 36.3 Å². The lowest BCUT2D eigenvalue weighted by molar-refractivity contribution is -0.136. The Bertz CT molecular complexity index is 1570. The molecule has 2 N–H and O–H groups in total. The molecule has 0 aliphatic carbocycles. The van der Waals surface area contributed by atoms with Crippen LogP contribution in [0.2, 0.25) is 0 Å². The highest BCUT2D eigenvalue weighted by atomic mass is 32.2. The van der Waals surface area contributed by atoms with Gasteiger partial charge in [0.15, 0.2) is 6.61 Å². The molecule has 0 aliphatic rings. The van der Waals surface area contributed by atoms with Crippen LogP contribution in [0.15, 0.2) is 77.7 Å². The Labute approximate surface area is 202 Å². The fourth-order valence-electron chi connectivity index (χ4n) is 3.82. The van der Waals surface area contributed by atoms with E-state index in [1.54, 1.807) is 31.2 Å². The van der Waals surface area contributed by atoms with Crippen LogP contribution >= 0.6 is 0 Å². The van der Waals surface area contributed by atoms with Crippen molar-refractivity contribution >= 4 is 38.8 Å². The third-order valence-corrected chi connectivity index (χ3v) is 6.44. The van der Waals surface area contributed by atoms with Gasteiger partial charge in [0, 0.05) is 34.1 Å². The lowest BCUT2D eigenvalue weighted by Crippen LogP contribution is -2.13. The maximum atomic E-state index is 12.8. The minimum absolute atomic E-state index is 0.00105. The number of esters is 1. The Balaban J connectivity index is 1.43. The van der Waals surface area contributed by atoms with Crippen molar-refractivity contribution in [1.82, 2.24) is 9.55 Å². The summed E-state index contributed by atoms with van der Waals surface area (Å²) in [4.78, 5) is 29.4. The number of nitrogens with zero attached hydrogens (tertiary/aromatic N) is 2. The minimum atomic E-state index is -3.80. The third-order valence-electron chi connectivity index (χ3n) is 5.51. The molecule has 0 aliphatic heterocycles. The molecule has 0 atom stereocenters. The van der Waals surface area contributed by atoms with Gasteiger partial charge in [-0.15, -0.1) is 0 Å². The highest BCUT2D eigenvalue weighted by molar-refractivity contribution is 7.89. The van der Waals surface area contributed by atoms with E-state index in [-0.39, 0.29) is 10.7 Å². The van der Waals surface area contributed by atoms with E-state index in [0.29, 0.717) is 22.6 Å². The number of benzene rings is 2. The van der Waals surface area contributed by atoms with Gasteiger partial charge in [0.1, 0.15) is 0 Å². The molecule has 0 unspecified atom stereocenters. The van der Waals surface area contributed by atoms with E-state index in [4.69, 9.17) is 9.88 Å². The van der Waals surface area contributed by atoms with E-state index in [2.05, 4.69) is 4.98 Å². The molecule has 2 aromatic heterocycles. The molecule has 178 valence electrons. The van der Waals surface area contributed by atoms with E-state index in [9.17, 15) is 18.0 Å². The van der Waals surface area contributed by atoms with E-state index in [1.807, 2.05) is 41.8 Å². The van der Waals surface area contributed by atoms with Crippen LogP contribution in [0.3, 0.4) is 0 Å². The van der Waals surface area contributed by atoms with E-state index in [0.717, 1.165) is 16.6 Å². The second-order valence-electron chi connectivity index (χ2n) is 7.95. The number of hydrogen-bond donors (Lipinski definition) is 1. The van der Waals surface area contributed by atoms with Gasteiger partial charge in [0.05, 0.1) is 16.1 Å². The molecule has 2 aromatic carbocycles. The highest BCUT2D eigenvalue weighted by Gasteiger charge is 2.18. The number of hydrogen-bond acceptors (Lipinski definition) is 6. The summed E-state index contributed by atoms with van der Waals surface area (Å²) in [7, 11) is -3.80. The number of para-hydroxylation sites is 1. The predicted octanol–water partition coefficient (Wildman–Crippen LogP) is 3.73. The largest absolute Gasteiger partial charge is 0.454 e. The van der Waals surface area contributed by atoms with Crippen molar-refractivity contribution in [1.29, 1.82) is 0 Å². The number of aromatic nitrogens is 2. The first-order chi connectivity index (χ1) is 16.6. The summed E-state index contributed by atoms with van der Waals surface area (Å²) in [5.41, 5.74) is 3.91. The van der Waals surface area contributed by atoms with Crippen molar-refractivity contribution in [2.45, 2.75) is 18.7 Å². The molecule has 0 fully saturated rings. The molecule has 0 saturated heterocycles. The van der Waals surface area contributed by atoms with Gasteiger partial charge >= 0.3 is 5.97 Å². The molecule has 0 saturated carbocycles. The zero-order chi connectivity index (χ0) is 25.2. The first-order valence-corrected chi connectivity index (χ1v) is 12.2. The third kappa shape index (κ3) is 5.37. The number of sulfonamides is 1. The van der Waals surface area contributed by atoms with Crippen LogP contribution in [0, 0.1) is 13.8 Å². The minimum Gasteiger partial charge on any atom is -0.454 e. The number of carbonyl (C=O) groups is 2. The van der Waals surface area contributed by atoms with E-state index >= 15 is 0 Å². The molecule has 0 radical (unpaired) electrons. The molecule has 0 amide bonds. The lowest BCUT2D eigenvalue weighted by Gasteiger charge is -2.10. The van der Waals surface area contributed by atoms with Crippen molar-refractivity contribution < 1.29 is 22.7 Å². The van der Waals surface area contributed by atoms with Crippen LogP contribution in [-0.2, 0) is 19.6 Å². The summed E-state index contributed by atoms with van der Waals surface area (Å²) in [5.74, 6) is -1.00. The zero-order valence-electron chi connectivity index (χ0n) is 19.1. The van der Waals surface area contributed by atoms with Gasteiger partial charge in [-0.25, -0.2) is 23.3 Å². The molecular weight excluding hydrogens is 466 g/mol. The van der Waals surface area contributed by atoms with E-state index in [1.165, 1.54) is 24.3 Å². The Hall–Kier alpha value is -4.08. The van der Waals surface area contributed by atoms with Crippen molar-refractivity contribution in [3.05, 3.63) is 95.5 Å². The number of ether oxygens (including phenoxy) is 1. The monoisotopic (exact) mass is 489 g/mol. The van der Waals surface area contributed by atoms with Gasteiger partial charge in [-0.05, 0) is 62.4 Å². The Morgan fingerprint density at radius 1 is 1.03 bits per heavy atom. The number of Topliss-reactive ketones (excluding diaryl/α,β-unsaturated/α-hetero) is 1. The smallest absolute Gasteiger partial charge is 0.331 e. The topological polar surface area (TPSA) is 121 Å². The molecule has 4 rings (SSSR count). The van der Waals surface area contributed by atoms with Crippen LogP contribution in [0.4, 0.5) is 0 Å². The first kappa shape index (κ1) is 24.1. The number of pyridine rings is 1. The summed E-state index contributed by atoms with van der Waals surface area (Å²) in [6.45, 7) is 3.17. The summed E-state index contributed by atoms with van der Waals surface area (Å²) in [6.07, 6.45) is 2.77. The normalized spacial score (nSPS) is 11.7. The predicted molar refractivity (Wildman–Crippen MR) is 133 cm³/mol. The van der Waals surface area contributed by atoms with Crippen molar-refractivity contribution in [2.75, 3.05) is 6.61 Å². The van der Waals surface area contributed by atoms with Gasteiger partial charge in [-0.1, -0.05) is 24.3 Å². The first-order valence-electron chi connectivity index (χ1n) is 10.7. The molecule has 2 heterocycles. The number of carbonyl (C=O) groups excluding carboxylic acids is 2. The van der Waals surface area contributed by atoms with Crippen molar-refractivity contribution in [3.63, 3.8) is 0 Å². The molecule has 0 spiro atoms. The van der Waals surface area contributed by atoms with Crippen LogP contribution in [0.1, 0.15) is 27.4 Å². The molecule has 0 bridgehead atoms. The number of nitrogens with two attached hydrogens (primary N) is 1. The summed E-state index contributed by atoms with van der Waals surface area (Å²) < 4.78 is 29.9. The van der Waals surface area contributed by atoms with Crippen LogP contribution in [0.25, 0.3) is 22.7 Å². The average molecular weight is 490 g/mol. The summed E-state index contributed by atoms with van der Waals surface area (Å²) in [6, 6.07) is 19.1. The fourth-order valence-corrected chi connectivity index (χ4v) is 4.33. The number of aryl methyl sites for hydroxylation is 1. The van der Waals surface area contributed by atoms with Crippen molar-refractivity contribution in [3.8, 4) is 5.69 Å². The van der Waals surface area contributed by atoms with Crippen LogP contribution in [0.5, 0.6) is 0 Å². The standard InChI is InChI=1S/C26H23N3O5S/c1-17-15-23(18(2)29(17)21-10-12-22(13-11-21)35(27,32)33)25(30)16-34-26(31)14-9-20-8-7-19-5-3-4-6-24(19)28-20/h3-15H,16H2,1-2H3,(H2,27,32,33)/b14-9+. The Morgan fingerprint density at radius 3 is 2.46 bits per heavy atom. The Kier molecular flexibility index (Phi) is 6.63. The highest BCUT2D eigenvalue weighted by Crippen LogP contribution is 2.22. The quantitative estimate of drug-likeness (QED) is 0.240. The van der Waals surface area contributed by atoms with Gasteiger partial charge in [-0.3, -0.25) is 4.79 Å². The van der Waals surface area contributed by atoms with Crippen molar-refractivity contribution in [2.24, 2.45) is 5.14 Å². The van der Waals surface area contributed by atoms with Gasteiger partial charge in [0.25, 0.3) is 0 Å². The van der Waals surface area contributed by atoms with Crippen LogP contribution < -0.4 is 5.14 Å². The van der Waals surface area contributed by atoms with Gasteiger partial charge < -0.3 is 9.30 Å². The van der Waals surface area contributed by atoms with E-state index < -0.39 is 22.6 Å². The molecule has 8 nitrogen and oxygen atoms in total. The maximum Gasteiger partial charge on any atom is 0.331 e. The lowest BCUT2D eigenvalue weighted by atomic mass is 10.1. The summed E-state index contributed by atoms with van der Waals surface area (Å²) >= 11 is 0. The SMILES string of the molecule is Cc1cc(C(=O)COC(=O)/C=C/c2ccc3ccccc3n2)c(C)n1-c1ccc(S(N)(=O)=O)cc1. The number of primary sulfonamides is 1. The average Bonchev–Trinajstić information content (AvgIpc) is 3.14. The molecule has 35 heavy (non-hydrogen) atoms. The number of ketones is 1. The zero-order valence-corrected chi connectivity index (χ0v) is 20.0. The maximum absolute atomic E-state index is 12.8. The Morgan fingerprint density at radius 2 is 1.74 bits per heavy atom. The summed E-state index contributed by atoms with van der Waals surface area (Å²) in [5, 5.41) is 6.15. The second-order valence-corrected chi connectivity index (χ2v) is 9.51. The molecule has 9 heteroatoms.